The zero-order valence-corrected chi connectivity index (χ0v) is 13.1. The highest BCUT2D eigenvalue weighted by atomic mass is 16.5. The highest BCUT2D eigenvalue weighted by molar-refractivity contribution is 5.77. The fourth-order valence-electron chi connectivity index (χ4n) is 2.72. The van der Waals surface area contributed by atoms with Gasteiger partial charge in [0.1, 0.15) is 0 Å². The number of fused-ring (bicyclic) bond motifs is 1. The molecular weight excluding hydrogens is 284 g/mol. The molecule has 22 heavy (non-hydrogen) atoms. The van der Waals surface area contributed by atoms with Gasteiger partial charge in [0.05, 0.1) is 14.2 Å². The summed E-state index contributed by atoms with van der Waals surface area (Å²) in [7, 11) is 3.23. The Bertz CT molecular complexity index is 519. The Morgan fingerprint density at radius 3 is 2.77 bits per heavy atom. The molecule has 0 fully saturated rings. The normalized spacial score (nSPS) is 16.8. The van der Waals surface area contributed by atoms with E-state index in [-0.39, 0.29) is 18.6 Å². The molecule has 3 N–H and O–H groups in total. The Labute approximate surface area is 130 Å². The predicted molar refractivity (Wildman–Crippen MR) is 83.3 cm³/mol. The quantitative estimate of drug-likeness (QED) is 0.649. The molecule has 1 aliphatic heterocycles. The van der Waals surface area contributed by atoms with Crippen molar-refractivity contribution in [3.8, 4) is 11.5 Å². The lowest BCUT2D eigenvalue weighted by molar-refractivity contribution is -0.121. The third-order valence-electron chi connectivity index (χ3n) is 3.85. The van der Waals surface area contributed by atoms with Crippen molar-refractivity contribution in [2.45, 2.75) is 25.3 Å². The molecule has 122 valence electrons. The molecule has 6 heteroatoms. The first-order valence-electron chi connectivity index (χ1n) is 7.55. The lowest BCUT2D eigenvalue weighted by atomic mass is 9.91. The van der Waals surface area contributed by atoms with E-state index in [0.29, 0.717) is 30.9 Å². The molecule has 6 nitrogen and oxygen atoms in total. The monoisotopic (exact) mass is 308 g/mol. The van der Waals surface area contributed by atoms with E-state index in [1.807, 2.05) is 12.1 Å². The van der Waals surface area contributed by atoms with Crippen molar-refractivity contribution in [1.29, 1.82) is 0 Å². The van der Waals surface area contributed by atoms with Crippen LogP contribution in [0.2, 0.25) is 0 Å². The van der Waals surface area contributed by atoms with Gasteiger partial charge in [-0.15, -0.1) is 0 Å². The second kappa shape index (κ2) is 8.00. The second-order valence-corrected chi connectivity index (χ2v) is 5.29. The number of aliphatic hydroxyl groups excluding tert-OH is 1. The number of amides is 1. The van der Waals surface area contributed by atoms with Gasteiger partial charge in [0.25, 0.3) is 0 Å². The number of benzene rings is 1. The number of hydrogen-bond donors (Lipinski definition) is 3. The number of ether oxygens (including phenoxy) is 2. The van der Waals surface area contributed by atoms with Gasteiger partial charge < -0.3 is 25.2 Å². The minimum absolute atomic E-state index is 0.0198. The average Bonchev–Trinajstić information content (AvgIpc) is 2.54. The maximum Gasteiger partial charge on any atom is 0.221 e. The molecule has 0 spiro atoms. The molecule has 2 rings (SSSR count). The Hall–Kier alpha value is -1.79. The lowest BCUT2D eigenvalue weighted by Crippen LogP contribution is -2.35. The maximum atomic E-state index is 12.0. The number of nitrogens with one attached hydrogen (secondary N) is 2. The van der Waals surface area contributed by atoms with Crippen LogP contribution in [-0.2, 0) is 11.2 Å². The summed E-state index contributed by atoms with van der Waals surface area (Å²) >= 11 is 0. The van der Waals surface area contributed by atoms with Crippen molar-refractivity contribution in [2.75, 3.05) is 33.9 Å². The SMILES string of the molecule is COc1cc2c(cc1OC)[C@@H](CC(=O)NCCCO)NCC2. The summed E-state index contributed by atoms with van der Waals surface area (Å²) in [4.78, 5) is 12.0. The average molecular weight is 308 g/mol. The third kappa shape index (κ3) is 3.90. The molecule has 1 aromatic carbocycles. The summed E-state index contributed by atoms with van der Waals surface area (Å²) in [6.45, 7) is 1.42. The number of hydrogen-bond acceptors (Lipinski definition) is 5. The van der Waals surface area contributed by atoms with Gasteiger partial charge in [0, 0.05) is 25.6 Å². The molecule has 0 aromatic heterocycles. The molecule has 1 amide bonds. The van der Waals surface area contributed by atoms with E-state index < -0.39 is 0 Å². The molecule has 0 saturated heterocycles. The van der Waals surface area contributed by atoms with Gasteiger partial charge >= 0.3 is 0 Å². The minimum atomic E-state index is -0.0299. The summed E-state index contributed by atoms with van der Waals surface area (Å²) in [5.74, 6) is 1.37. The van der Waals surface area contributed by atoms with Gasteiger partial charge in [0.15, 0.2) is 11.5 Å². The molecule has 0 radical (unpaired) electrons. The molecule has 1 atom stereocenters. The van der Waals surface area contributed by atoms with Crippen LogP contribution in [0.3, 0.4) is 0 Å². The first kappa shape index (κ1) is 16.6. The Balaban J connectivity index is 2.12. The summed E-state index contributed by atoms with van der Waals surface area (Å²) in [6.07, 6.45) is 1.84. The van der Waals surface area contributed by atoms with Gasteiger partial charge in [-0.1, -0.05) is 0 Å². The fourth-order valence-corrected chi connectivity index (χ4v) is 2.72. The summed E-state index contributed by atoms with van der Waals surface area (Å²) in [5.41, 5.74) is 2.27. The Kier molecular flexibility index (Phi) is 6.03. The topological polar surface area (TPSA) is 79.8 Å². The first-order chi connectivity index (χ1) is 10.7. The summed E-state index contributed by atoms with van der Waals surface area (Å²) in [5, 5.41) is 14.9. The van der Waals surface area contributed by atoms with Gasteiger partial charge in [-0.3, -0.25) is 4.79 Å². The lowest BCUT2D eigenvalue weighted by Gasteiger charge is -2.27. The van der Waals surface area contributed by atoms with Crippen LogP contribution in [0.5, 0.6) is 11.5 Å². The van der Waals surface area contributed by atoms with Gasteiger partial charge in [-0.05, 0) is 42.6 Å². The van der Waals surface area contributed by atoms with Crippen molar-refractivity contribution in [2.24, 2.45) is 0 Å². The van der Waals surface area contributed by atoms with Crippen molar-refractivity contribution in [3.63, 3.8) is 0 Å². The number of methoxy groups -OCH3 is 2. The van der Waals surface area contributed by atoms with Crippen LogP contribution >= 0.6 is 0 Å². The third-order valence-corrected chi connectivity index (χ3v) is 3.85. The van der Waals surface area contributed by atoms with Crippen LogP contribution in [0, 0.1) is 0 Å². The second-order valence-electron chi connectivity index (χ2n) is 5.29. The molecule has 1 aliphatic rings. The number of carbonyl (C=O) groups excluding carboxylic acids is 1. The Morgan fingerprint density at radius 2 is 2.09 bits per heavy atom. The molecule has 0 aliphatic carbocycles. The summed E-state index contributed by atoms with van der Waals surface area (Å²) in [6, 6.07) is 3.91. The van der Waals surface area contributed by atoms with Gasteiger partial charge in [0.2, 0.25) is 5.91 Å². The van der Waals surface area contributed by atoms with Crippen LogP contribution in [0.1, 0.15) is 30.0 Å². The highest BCUT2D eigenvalue weighted by Gasteiger charge is 2.24. The zero-order valence-electron chi connectivity index (χ0n) is 13.1. The number of aliphatic hydroxyl groups is 1. The molecule has 0 unspecified atom stereocenters. The van der Waals surface area contributed by atoms with Gasteiger partial charge in [-0.2, -0.15) is 0 Å². The van der Waals surface area contributed by atoms with E-state index in [2.05, 4.69) is 10.6 Å². The van der Waals surface area contributed by atoms with Crippen LogP contribution in [0.4, 0.5) is 0 Å². The molecule has 0 saturated carbocycles. The van der Waals surface area contributed by atoms with E-state index in [1.54, 1.807) is 14.2 Å². The smallest absolute Gasteiger partial charge is 0.221 e. The van der Waals surface area contributed by atoms with Crippen LogP contribution in [0.25, 0.3) is 0 Å². The maximum absolute atomic E-state index is 12.0. The minimum Gasteiger partial charge on any atom is -0.493 e. The van der Waals surface area contributed by atoms with Crippen LogP contribution < -0.4 is 20.1 Å². The largest absolute Gasteiger partial charge is 0.493 e. The molecule has 0 bridgehead atoms. The van der Waals surface area contributed by atoms with E-state index in [1.165, 1.54) is 5.56 Å². The van der Waals surface area contributed by atoms with Crippen molar-refractivity contribution in [1.82, 2.24) is 10.6 Å². The zero-order chi connectivity index (χ0) is 15.9. The number of rotatable bonds is 7. The van der Waals surface area contributed by atoms with Crippen molar-refractivity contribution in [3.05, 3.63) is 23.3 Å². The summed E-state index contributed by atoms with van der Waals surface area (Å²) < 4.78 is 10.7. The Morgan fingerprint density at radius 1 is 1.36 bits per heavy atom. The van der Waals surface area contributed by atoms with E-state index in [0.717, 1.165) is 18.5 Å². The molecular formula is C16H24N2O4. The first-order valence-corrected chi connectivity index (χ1v) is 7.55. The van der Waals surface area contributed by atoms with Crippen LogP contribution in [0.15, 0.2) is 12.1 Å². The van der Waals surface area contributed by atoms with E-state index in [4.69, 9.17) is 14.6 Å². The van der Waals surface area contributed by atoms with Crippen LogP contribution in [-0.4, -0.2) is 44.9 Å². The molecule has 1 aromatic rings. The van der Waals surface area contributed by atoms with E-state index in [9.17, 15) is 4.79 Å². The fraction of sp³-hybridized carbons (Fsp3) is 0.562. The van der Waals surface area contributed by atoms with E-state index >= 15 is 0 Å². The van der Waals surface area contributed by atoms with Crippen molar-refractivity contribution >= 4 is 5.91 Å². The predicted octanol–water partition coefficient (Wildman–Crippen LogP) is 0.779. The van der Waals surface area contributed by atoms with Gasteiger partial charge in [-0.25, -0.2) is 0 Å². The molecule has 1 heterocycles. The van der Waals surface area contributed by atoms with Crippen molar-refractivity contribution < 1.29 is 19.4 Å². The standard InChI is InChI=1S/C16H24N2O4/c1-21-14-8-11-4-6-17-13(12(11)9-15(14)22-2)10-16(20)18-5-3-7-19/h8-9,13,17,19H,3-7,10H2,1-2H3,(H,18,20)/t13-/m1/s1. The highest BCUT2D eigenvalue weighted by Crippen LogP contribution is 2.36. The number of carbonyl (C=O) groups is 1.